The van der Waals surface area contributed by atoms with E-state index in [1.54, 1.807) is 6.07 Å². The lowest BCUT2D eigenvalue weighted by Crippen LogP contribution is -2.26. The molecule has 2 amide bonds. The highest BCUT2D eigenvalue weighted by molar-refractivity contribution is 7.17. The van der Waals surface area contributed by atoms with Crippen LogP contribution in [0.2, 0.25) is 0 Å². The van der Waals surface area contributed by atoms with Gasteiger partial charge in [-0.25, -0.2) is 0 Å². The SMILES string of the molecule is O=C(COc1ccccc1[N+](=O)[O-])Nc1sc2c(c1C(=O)NCc1ccccc1)CCCC2. The Labute approximate surface area is 194 Å². The van der Waals surface area contributed by atoms with Crippen LogP contribution in [0, 0.1) is 10.1 Å². The number of aryl methyl sites for hydroxylation is 1. The minimum atomic E-state index is -0.560. The molecule has 0 unspecified atom stereocenters. The van der Waals surface area contributed by atoms with E-state index in [0.29, 0.717) is 17.1 Å². The van der Waals surface area contributed by atoms with Gasteiger partial charge < -0.3 is 15.4 Å². The Morgan fingerprint density at radius 3 is 2.55 bits per heavy atom. The normalized spacial score (nSPS) is 12.5. The second kappa shape index (κ2) is 10.3. The zero-order valence-electron chi connectivity index (χ0n) is 17.8. The van der Waals surface area contributed by atoms with Gasteiger partial charge in [0, 0.05) is 17.5 Å². The van der Waals surface area contributed by atoms with Crippen LogP contribution in [0.25, 0.3) is 0 Å². The largest absolute Gasteiger partial charge is 0.477 e. The molecule has 1 aliphatic carbocycles. The molecule has 1 heterocycles. The molecule has 0 atom stereocenters. The van der Waals surface area contributed by atoms with Gasteiger partial charge in [-0.3, -0.25) is 19.7 Å². The second-order valence-electron chi connectivity index (χ2n) is 7.64. The first kappa shape index (κ1) is 22.5. The standard InChI is InChI=1S/C24H23N3O5S/c28-21(15-32-19-12-6-5-11-18(19)27(30)31)26-24-22(17-10-4-7-13-20(17)33-24)23(29)25-14-16-8-2-1-3-9-16/h1-3,5-6,8-9,11-12H,4,7,10,13-15H2,(H,25,29)(H,26,28). The minimum absolute atomic E-state index is 0.0175. The van der Waals surface area contributed by atoms with Crippen molar-refractivity contribution in [3.05, 3.63) is 86.3 Å². The maximum atomic E-state index is 13.1. The zero-order chi connectivity index (χ0) is 23.2. The second-order valence-corrected chi connectivity index (χ2v) is 8.75. The first-order chi connectivity index (χ1) is 16.0. The third kappa shape index (κ3) is 5.38. The van der Waals surface area contributed by atoms with Crippen LogP contribution in [0.5, 0.6) is 5.75 Å². The molecule has 0 spiro atoms. The number of carbonyl (C=O) groups excluding carboxylic acids is 2. The summed E-state index contributed by atoms with van der Waals surface area (Å²) in [5.41, 5.74) is 2.27. The van der Waals surface area contributed by atoms with E-state index in [1.807, 2.05) is 30.3 Å². The number of nitro benzene ring substituents is 1. The molecule has 0 saturated carbocycles. The highest BCUT2D eigenvalue weighted by Crippen LogP contribution is 2.38. The van der Waals surface area contributed by atoms with E-state index < -0.39 is 17.4 Å². The van der Waals surface area contributed by atoms with Gasteiger partial charge in [-0.2, -0.15) is 0 Å². The lowest BCUT2D eigenvalue weighted by molar-refractivity contribution is -0.385. The van der Waals surface area contributed by atoms with Gasteiger partial charge in [-0.05, 0) is 42.9 Å². The topological polar surface area (TPSA) is 111 Å². The number of carbonyl (C=O) groups is 2. The van der Waals surface area contributed by atoms with Crippen LogP contribution in [-0.2, 0) is 24.2 Å². The van der Waals surface area contributed by atoms with E-state index in [-0.39, 0.29) is 17.3 Å². The summed E-state index contributed by atoms with van der Waals surface area (Å²) in [5.74, 6) is -0.694. The lowest BCUT2D eigenvalue weighted by Gasteiger charge is -2.13. The molecule has 9 heteroatoms. The summed E-state index contributed by atoms with van der Waals surface area (Å²) in [6.07, 6.45) is 3.72. The van der Waals surface area contributed by atoms with Gasteiger partial charge in [-0.1, -0.05) is 42.5 Å². The van der Waals surface area contributed by atoms with Crippen LogP contribution in [0.4, 0.5) is 10.7 Å². The average molecular weight is 466 g/mol. The van der Waals surface area contributed by atoms with Crippen molar-refractivity contribution < 1.29 is 19.2 Å². The van der Waals surface area contributed by atoms with Crippen molar-refractivity contribution in [3.63, 3.8) is 0 Å². The van der Waals surface area contributed by atoms with Gasteiger partial charge in [-0.15, -0.1) is 11.3 Å². The number of amides is 2. The summed E-state index contributed by atoms with van der Waals surface area (Å²) in [5, 5.41) is 17.4. The molecule has 1 aromatic heterocycles. The van der Waals surface area contributed by atoms with Crippen molar-refractivity contribution in [3.8, 4) is 5.75 Å². The summed E-state index contributed by atoms with van der Waals surface area (Å²) >= 11 is 1.41. The molecule has 2 N–H and O–H groups in total. The van der Waals surface area contributed by atoms with Crippen molar-refractivity contribution in [1.29, 1.82) is 0 Å². The fourth-order valence-corrected chi connectivity index (χ4v) is 5.10. The average Bonchev–Trinajstić information content (AvgIpc) is 3.19. The van der Waals surface area contributed by atoms with Crippen LogP contribution in [0.3, 0.4) is 0 Å². The van der Waals surface area contributed by atoms with Crippen LogP contribution < -0.4 is 15.4 Å². The Morgan fingerprint density at radius 2 is 1.76 bits per heavy atom. The molecule has 0 bridgehead atoms. The van der Waals surface area contributed by atoms with Gasteiger partial charge in [0.05, 0.1) is 10.5 Å². The van der Waals surface area contributed by atoms with Crippen LogP contribution in [0.1, 0.15) is 39.2 Å². The van der Waals surface area contributed by atoms with E-state index in [9.17, 15) is 19.7 Å². The Morgan fingerprint density at radius 1 is 1.03 bits per heavy atom. The zero-order valence-corrected chi connectivity index (χ0v) is 18.7. The van der Waals surface area contributed by atoms with Crippen LogP contribution >= 0.6 is 11.3 Å². The highest BCUT2D eigenvalue weighted by atomic mass is 32.1. The van der Waals surface area contributed by atoms with E-state index >= 15 is 0 Å². The van der Waals surface area contributed by atoms with Gasteiger partial charge in [0.2, 0.25) is 0 Å². The van der Waals surface area contributed by atoms with Crippen molar-refractivity contribution in [2.24, 2.45) is 0 Å². The van der Waals surface area contributed by atoms with Gasteiger partial charge >= 0.3 is 5.69 Å². The Hall–Kier alpha value is -3.72. The van der Waals surface area contributed by atoms with Crippen molar-refractivity contribution >= 4 is 33.8 Å². The Balaban J connectivity index is 1.48. The third-order valence-electron chi connectivity index (χ3n) is 5.37. The van der Waals surface area contributed by atoms with Gasteiger partial charge in [0.1, 0.15) is 5.00 Å². The summed E-state index contributed by atoms with van der Waals surface area (Å²) in [4.78, 5) is 37.4. The fourth-order valence-electron chi connectivity index (χ4n) is 3.80. The molecular weight excluding hydrogens is 442 g/mol. The number of hydrogen-bond donors (Lipinski definition) is 2. The number of ether oxygens (including phenoxy) is 1. The number of nitrogens with one attached hydrogen (secondary N) is 2. The van der Waals surface area contributed by atoms with Crippen LogP contribution in [0.15, 0.2) is 54.6 Å². The highest BCUT2D eigenvalue weighted by Gasteiger charge is 2.26. The molecule has 33 heavy (non-hydrogen) atoms. The lowest BCUT2D eigenvalue weighted by atomic mass is 9.95. The van der Waals surface area contributed by atoms with Gasteiger partial charge in [0.25, 0.3) is 11.8 Å². The number of nitro groups is 1. The number of benzene rings is 2. The first-order valence-corrected chi connectivity index (χ1v) is 11.5. The first-order valence-electron chi connectivity index (χ1n) is 10.7. The van der Waals surface area contributed by atoms with E-state index in [4.69, 9.17) is 4.74 Å². The Bertz CT molecular complexity index is 1180. The maximum absolute atomic E-state index is 13.1. The van der Waals surface area contributed by atoms with E-state index in [1.165, 1.54) is 29.5 Å². The molecule has 0 aliphatic heterocycles. The van der Waals surface area contributed by atoms with Crippen molar-refractivity contribution in [1.82, 2.24) is 5.32 Å². The molecule has 1 aliphatic rings. The van der Waals surface area contributed by atoms with Crippen molar-refractivity contribution in [2.75, 3.05) is 11.9 Å². The van der Waals surface area contributed by atoms with Crippen LogP contribution in [-0.4, -0.2) is 23.3 Å². The molecule has 0 radical (unpaired) electrons. The van der Waals surface area contributed by atoms with E-state index in [0.717, 1.165) is 41.7 Å². The quantitative estimate of drug-likeness (QED) is 0.376. The van der Waals surface area contributed by atoms with Crippen molar-refractivity contribution in [2.45, 2.75) is 32.2 Å². The summed E-state index contributed by atoms with van der Waals surface area (Å²) in [6, 6.07) is 15.5. The number of rotatable bonds is 8. The number of thiophene rings is 1. The number of fused-ring (bicyclic) bond motifs is 1. The Kier molecular flexibility index (Phi) is 6.99. The number of nitrogens with zero attached hydrogens (tertiary/aromatic N) is 1. The van der Waals surface area contributed by atoms with E-state index in [2.05, 4.69) is 10.6 Å². The molecule has 2 aromatic carbocycles. The maximum Gasteiger partial charge on any atom is 0.310 e. The monoisotopic (exact) mass is 465 g/mol. The molecular formula is C24H23N3O5S. The number of anilines is 1. The van der Waals surface area contributed by atoms with Gasteiger partial charge in [0.15, 0.2) is 12.4 Å². The molecule has 4 rings (SSSR count). The predicted octanol–water partition coefficient (Wildman–Crippen LogP) is 4.48. The third-order valence-corrected chi connectivity index (χ3v) is 6.58. The summed E-state index contributed by atoms with van der Waals surface area (Å²) in [6.45, 7) is -0.0169. The molecule has 170 valence electrons. The molecule has 3 aromatic rings. The number of hydrogen-bond acceptors (Lipinski definition) is 6. The minimum Gasteiger partial charge on any atom is -0.477 e. The molecule has 8 nitrogen and oxygen atoms in total. The molecule has 0 fully saturated rings. The molecule has 0 saturated heterocycles. The fraction of sp³-hybridized carbons (Fsp3) is 0.250. The number of para-hydroxylation sites is 2. The smallest absolute Gasteiger partial charge is 0.310 e. The summed E-state index contributed by atoms with van der Waals surface area (Å²) < 4.78 is 5.39. The predicted molar refractivity (Wildman–Crippen MR) is 126 cm³/mol. The summed E-state index contributed by atoms with van der Waals surface area (Å²) in [7, 11) is 0.